The Labute approximate surface area is 166 Å². The lowest BCUT2D eigenvalue weighted by molar-refractivity contribution is 0.0191. The normalized spacial score (nSPS) is 18.8. The molecule has 0 amide bonds. The minimum atomic E-state index is 0. The van der Waals surface area contributed by atoms with Crippen LogP contribution < -0.4 is 10.6 Å². The molecule has 24 heavy (non-hydrogen) atoms. The van der Waals surface area contributed by atoms with E-state index in [1.165, 1.54) is 0 Å². The second-order valence-corrected chi connectivity index (χ2v) is 6.06. The molecule has 0 spiro atoms. The minimum absolute atomic E-state index is 0. The number of rotatable bonds is 7. The molecule has 7 heteroatoms. The summed E-state index contributed by atoms with van der Waals surface area (Å²) in [5.74, 6) is 0.758. The fourth-order valence-electron chi connectivity index (χ4n) is 2.47. The molecule has 136 valence electrons. The third kappa shape index (κ3) is 7.55. The first-order chi connectivity index (χ1) is 11.2. The summed E-state index contributed by atoms with van der Waals surface area (Å²) in [7, 11) is 1.76. The third-order valence-electron chi connectivity index (χ3n) is 3.81. The van der Waals surface area contributed by atoms with Gasteiger partial charge in [-0.3, -0.25) is 4.99 Å². The van der Waals surface area contributed by atoms with Gasteiger partial charge in [0.05, 0.1) is 25.4 Å². The van der Waals surface area contributed by atoms with Gasteiger partial charge in [0.15, 0.2) is 5.96 Å². The van der Waals surface area contributed by atoms with Gasteiger partial charge in [0.1, 0.15) is 0 Å². The van der Waals surface area contributed by atoms with Gasteiger partial charge in [-0.1, -0.05) is 23.7 Å². The van der Waals surface area contributed by atoms with Crippen molar-refractivity contribution in [3.05, 3.63) is 34.9 Å². The summed E-state index contributed by atoms with van der Waals surface area (Å²) in [5.41, 5.74) is 1.16. The average Bonchev–Trinajstić information content (AvgIpc) is 3.07. The molecule has 5 nitrogen and oxygen atoms in total. The summed E-state index contributed by atoms with van der Waals surface area (Å²) >= 11 is 5.92. The molecule has 2 atom stereocenters. The van der Waals surface area contributed by atoms with E-state index in [2.05, 4.69) is 22.5 Å². The molecule has 1 aromatic carbocycles. The second kappa shape index (κ2) is 11.9. The molecule has 1 aromatic rings. The number of nitrogens with one attached hydrogen (secondary N) is 2. The highest BCUT2D eigenvalue weighted by atomic mass is 127. The average molecular weight is 468 g/mol. The maximum absolute atomic E-state index is 5.92. The first kappa shape index (κ1) is 21.5. The fourth-order valence-corrected chi connectivity index (χ4v) is 2.59. The quantitative estimate of drug-likeness (QED) is 0.279. The standard InChI is InChI=1S/C17H26ClN3O2.HI/c1-13(14-5-7-15(18)8-6-14)21-17(19-2)20-9-11-22-12-16-4-3-10-23-16;/h5-8,13,16H,3-4,9-12H2,1-2H3,(H2,19,20,21);1H. The maximum Gasteiger partial charge on any atom is 0.191 e. The highest BCUT2D eigenvalue weighted by Crippen LogP contribution is 2.15. The number of hydrogen-bond donors (Lipinski definition) is 2. The monoisotopic (exact) mass is 467 g/mol. The molecular weight excluding hydrogens is 441 g/mol. The molecule has 2 N–H and O–H groups in total. The zero-order valence-corrected chi connectivity index (χ0v) is 17.3. The van der Waals surface area contributed by atoms with Crippen LogP contribution in [0.1, 0.15) is 31.4 Å². The Bertz CT molecular complexity index is 493. The van der Waals surface area contributed by atoms with Gasteiger partial charge in [-0.25, -0.2) is 0 Å². The Kier molecular flexibility index (Phi) is 10.6. The smallest absolute Gasteiger partial charge is 0.191 e. The fraction of sp³-hybridized carbons (Fsp3) is 0.588. The van der Waals surface area contributed by atoms with Crippen molar-refractivity contribution in [3.63, 3.8) is 0 Å². The molecule has 1 aliphatic heterocycles. The van der Waals surface area contributed by atoms with E-state index >= 15 is 0 Å². The lowest BCUT2D eigenvalue weighted by Gasteiger charge is -2.18. The number of aliphatic imine (C=N–C) groups is 1. The van der Waals surface area contributed by atoms with Crippen molar-refractivity contribution in [1.82, 2.24) is 10.6 Å². The lowest BCUT2D eigenvalue weighted by atomic mass is 10.1. The largest absolute Gasteiger partial charge is 0.377 e. The predicted octanol–water partition coefficient (Wildman–Crippen LogP) is 3.38. The zero-order valence-electron chi connectivity index (χ0n) is 14.3. The first-order valence-electron chi connectivity index (χ1n) is 8.11. The molecule has 0 saturated carbocycles. The Hall–Kier alpha value is -0.570. The second-order valence-electron chi connectivity index (χ2n) is 5.63. The van der Waals surface area contributed by atoms with E-state index in [4.69, 9.17) is 21.1 Å². The van der Waals surface area contributed by atoms with Crippen LogP contribution >= 0.6 is 35.6 Å². The Morgan fingerprint density at radius 2 is 2.17 bits per heavy atom. The number of hydrogen-bond acceptors (Lipinski definition) is 3. The van der Waals surface area contributed by atoms with Gasteiger partial charge in [-0.2, -0.15) is 0 Å². The summed E-state index contributed by atoms with van der Waals surface area (Å²) in [6, 6.07) is 7.95. The van der Waals surface area contributed by atoms with E-state index < -0.39 is 0 Å². The van der Waals surface area contributed by atoms with Crippen LogP contribution in [0.25, 0.3) is 0 Å². The van der Waals surface area contributed by atoms with E-state index in [1.54, 1.807) is 7.05 Å². The molecule has 0 radical (unpaired) electrons. The van der Waals surface area contributed by atoms with Crippen LogP contribution in [0, 0.1) is 0 Å². The minimum Gasteiger partial charge on any atom is -0.377 e. The highest BCUT2D eigenvalue weighted by Gasteiger charge is 2.15. The van der Waals surface area contributed by atoms with Crippen molar-refractivity contribution in [1.29, 1.82) is 0 Å². The van der Waals surface area contributed by atoms with Crippen LogP contribution in [0.15, 0.2) is 29.3 Å². The summed E-state index contributed by atoms with van der Waals surface area (Å²) < 4.78 is 11.2. The van der Waals surface area contributed by atoms with Crippen LogP contribution in [-0.2, 0) is 9.47 Å². The molecule has 1 fully saturated rings. The van der Waals surface area contributed by atoms with Crippen LogP contribution in [0.2, 0.25) is 5.02 Å². The lowest BCUT2D eigenvalue weighted by Crippen LogP contribution is -2.40. The summed E-state index contributed by atoms with van der Waals surface area (Å²) in [6.45, 7) is 4.97. The van der Waals surface area contributed by atoms with Crippen molar-refractivity contribution in [2.75, 3.05) is 33.4 Å². The van der Waals surface area contributed by atoms with E-state index in [0.717, 1.165) is 36.0 Å². The van der Waals surface area contributed by atoms with Gasteiger partial charge in [-0.05, 0) is 37.5 Å². The van der Waals surface area contributed by atoms with E-state index in [-0.39, 0.29) is 36.1 Å². The number of halogens is 2. The number of nitrogens with zero attached hydrogens (tertiary/aromatic N) is 1. The number of ether oxygens (including phenoxy) is 2. The topological polar surface area (TPSA) is 54.9 Å². The highest BCUT2D eigenvalue weighted by molar-refractivity contribution is 14.0. The Balaban J connectivity index is 0.00000288. The van der Waals surface area contributed by atoms with Crippen molar-refractivity contribution in [2.45, 2.75) is 31.9 Å². The third-order valence-corrected chi connectivity index (χ3v) is 4.07. The molecular formula is C17H27ClIN3O2. The zero-order chi connectivity index (χ0) is 16.5. The van der Waals surface area contributed by atoms with Crippen LogP contribution in [-0.4, -0.2) is 45.5 Å². The van der Waals surface area contributed by atoms with Crippen molar-refractivity contribution in [2.24, 2.45) is 4.99 Å². The molecule has 1 heterocycles. The molecule has 1 saturated heterocycles. The van der Waals surface area contributed by atoms with Crippen LogP contribution in [0.5, 0.6) is 0 Å². The summed E-state index contributed by atoms with van der Waals surface area (Å²) in [4.78, 5) is 4.23. The van der Waals surface area contributed by atoms with Crippen LogP contribution in [0.3, 0.4) is 0 Å². The SMILES string of the molecule is CN=C(NCCOCC1CCCO1)NC(C)c1ccc(Cl)cc1.I. The van der Waals surface area contributed by atoms with Crippen molar-refractivity contribution in [3.8, 4) is 0 Å². The molecule has 2 rings (SSSR count). The van der Waals surface area contributed by atoms with Gasteiger partial charge in [0, 0.05) is 25.2 Å². The molecule has 0 aromatic heterocycles. The summed E-state index contributed by atoms with van der Waals surface area (Å²) in [6.07, 6.45) is 2.53. The van der Waals surface area contributed by atoms with Gasteiger partial charge in [-0.15, -0.1) is 24.0 Å². The number of guanidine groups is 1. The maximum atomic E-state index is 5.92. The van der Waals surface area contributed by atoms with E-state index in [9.17, 15) is 0 Å². The summed E-state index contributed by atoms with van der Waals surface area (Å²) in [5, 5.41) is 7.35. The molecule has 1 aliphatic rings. The van der Waals surface area contributed by atoms with E-state index in [0.29, 0.717) is 19.8 Å². The van der Waals surface area contributed by atoms with Gasteiger partial charge < -0.3 is 20.1 Å². The first-order valence-corrected chi connectivity index (χ1v) is 8.49. The molecule has 0 bridgehead atoms. The van der Waals surface area contributed by atoms with Crippen molar-refractivity contribution >= 4 is 41.5 Å². The van der Waals surface area contributed by atoms with Gasteiger partial charge >= 0.3 is 0 Å². The molecule has 0 aliphatic carbocycles. The number of benzene rings is 1. The Morgan fingerprint density at radius 1 is 1.42 bits per heavy atom. The van der Waals surface area contributed by atoms with Crippen LogP contribution in [0.4, 0.5) is 0 Å². The predicted molar refractivity (Wildman–Crippen MR) is 110 cm³/mol. The molecule has 2 unspecified atom stereocenters. The van der Waals surface area contributed by atoms with Gasteiger partial charge in [0.2, 0.25) is 0 Å². The van der Waals surface area contributed by atoms with E-state index in [1.807, 2.05) is 24.3 Å². The Morgan fingerprint density at radius 3 is 2.79 bits per heavy atom. The van der Waals surface area contributed by atoms with Crippen molar-refractivity contribution < 1.29 is 9.47 Å². The van der Waals surface area contributed by atoms with Gasteiger partial charge in [0.25, 0.3) is 0 Å².